The average molecular weight is 398 g/mol. The lowest BCUT2D eigenvalue weighted by molar-refractivity contribution is -0.136. The van der Waals surface area contributed by atoms with E-state index in [9.17, 15) is 9.59 Å². The van der Waals surface area contributed by atoms with Crippen molar-refractivity contribution in [1.29, 1.82) is 0 Å². The summed E-state index contributed by atoms with van der Waals surface area (Å²) in [4.78, 5) is 24.9. The fraction of sp³-hybridized carbons (Fsp3) is 0.579. The molecule has 2 rings (SSSR count). The van der Waals surface area contributed by atoms with Crippen LogP contribution in [0.5, 0.6) is 5.75 Å². The highest BCUT2D eigenvalue weighted by atomic mass is 35.5. The van der Waals surface area contributed by atoms with E-state index in [-0.39, 0.29) is 24.8 Å². The Morgan fingerprint density at radius 3 is 2.59 bits per heavy atom. The summed E-state index contributed by atoms with van der Waals surface area (Å²) in [5.41, 5.74) is 0.880. The minimum atomic E-state index is -0.521. The van der Waals surface area contributed by atoms with E-state index in [1.165, 1.54) is 7.11 Å². The van der Waals surface area contributed by atoms with Crippen LogP contribution in [-0.2, 0) is 14.3 Å². The molecule has 0 bridgehead atoms. The molecule has 8 heteroatoms. The highest BCUT2D eigenvalue weighted by Crippen LogP contribution is 2.31. The number of methoxy groups -OCH3 is 2. The third-order valence-corrected chi connectivity index (χ3v) is 5.26. The van der Waals surface area contributed by atoms with Crippen LogP contribution >= 0.6 is 11.6 Å². The van der Waals surface area contributed by atoms with E-state index in [1.807, 2.05) is 6.92 Å². The van der Waals surface area contributed by atoms with Crippen LogP contribution in [0.1, 0.15) is 24.8 Å². The summed E-state index contributed by atoms with van der Waals surface area (Å²) in [5.74, 6) is 0.233. The molecular weight excluding hydrogens is 370 g/mol. The number of amides is 2. The fourth-order valence-electron chi connectivity index (χ4n) is 3.24. The maximum absolute atomic E-state index is 12.6. The van der Waals surface area contributed by atoms with Gasteiger partial charge in [0, 0.05) is 31.2 Å². The van der Waals surface area contributed by atoms with Crippen molar-refractivity contribution in [2.75, 3.05) is 45.8 Å². The summed E-state index contributed by atoms with van der Waals surface area (Å²) in [6.45, 7) is 4.07. The van der Waals surface area contributed by atoms with Gasteiger partial charge in [0.15, 0.2) is 0 Å². The highest BCUT2D eigenvalue weighted by molar-refractivity contribution is 6.31. The Morgan fingerprint density at radius 1 is 1.26 bits per heavy atom. The smallest absolute Gasteiger partial charge is 0.228 e. The van der Waals surface area contributed by atoms with Crippen LogP contribution in [-0.4, -0.2) is 52.3 Å². The number of carbonyl (C=O) groups is 2. The molecule has 1 fully saturated rings. The molecule has 3 N–H and O–H groups in total. The molecule has 1 aliphatic heterocycles. The van der Waals surface area contributed by atoms with E-state index in [0.717, 1.165) is 31.5 Å². The van der Waals surface area contributed by atoms with Gasteiger partial charge in [0.05, 0.1) is 24.8 Å². The van der Waals surface area contributed by atoms with Crippen LogP contribution in [0, 0.1) is 12.3 Å². The minimum absolute atomic E-state index is 0.0569. The molecule has 2 amide bonds. The van der Waals surface area contributed by atoms with Crippen molar-refractivity contribution >= 4 is 29.1 Å². The first kappa shape index (κ1) is 21.5. The molecule has 1 saturated heterocycles. The number of halogens is 1. The molecule has 7 nitrogen and oxygen atoms in total. The van der Waals surface area contributed by atoms with Gasteiger partial charge in [-0.3, -0.25) is 9.59 Å². The summed E-state index contributed by atoms with van der Waals surface area (Å²) >= 11 is 6.08. The second-order valence-corrected chi connectivity index (χ2v) is 7.23. The van der Waals surface area contributed by atoms with Crippen molar-refractivity contribution in [2.45, 2.75) is 26.2 Å². The Balaban J connectivity index is 1.88. The van der Waals surface area contributed by atoms with Gasteiger partial charge in [-0.05, 0) is 44.5 Å². The van der Waals surface area contributed by atoms with Gasteiger partial charge >= 0.3 is 0 Å². The zero-order valence-electron chi connectivity index (χ0n) is 16.1. The zero-order valence-corrected chi connectivity index (χ0v) is 16.9. The van der Waals surface area contributed by atoms with Gasteiger partial charge in [-0.15, -0.1) is 0 Å². The number of rotatable bonds is 8. The van der Waals surface area contributed by atoms with Gasteiger partial charge in [-0.25, -0.2) is 0 Å². The van der Waals surface area contributed by atoms with Crippen LogP contribution in [0.2, 0.25) is 5.02 Å². The summed E-state index contributed by atoms with van der Waals surface area (Å²) < 4.78 is 10.5. The SMILES string of the molecule is COCC1(C(=O)NCCC(=O)Nc2cc(C)c(Cl)cc2OC)CCNCC1. The Morgan fingerprint density at radius 2 is 1.96 bits per heavy atom. The monoisotopic (exact) mass is 397 g/mol. The van der Waals surface area contributed by atoms with E-state index < -0.39 is 5.41 Å². The van der Waals surface area contributed by atoms with Crippen molar-refractivity contribution in [3.05, 3.63) is 22.7 Å². The topological polar surface area (TPSA) is 88.7 Å². The number of carbonyl (C=O) groups excluding carboxylic acids is 2. The van der Waals surface area contributed by atoms with Crippen molar-refractivity contribution in [1.82, 2.24) is 10.6 Å². The van der Waals surface area contributed by atoms with Crippen LogP contribution in [0.15, 0.2) is 12.1 Å². The van der Waals surface area contributed by atoms with Crippen LogP contribution < -0.4 is 20.7 Å². The molecule has 0 radical (unpaired) electrons. The largest absolute Gasteiger partial charge is 0.495 e. The fourth-order valence-corrected chi connectivity index (χ4v) is 3.39. The second-order valence-electron chi connectivity index (χ2n) is 6.82. The van der Waals surface area contributed by atoms with Crippen LogP contribution in [0.3, 0.4) is 0 Å². The zero-order chi connectivity index (χ0) is 19.9. The van der Waals surface area contributed by atoms with Crippen molar-refractivity contribution in [3.8, 4) is 5.75 Å². The summed E-state index contributed by atoms with van der Waals surface area (Å²) in [6.07, 6.45) is 1.61. The number of aryl methyl sites for hydroxylation is 1. The predicted octanol–water partition coefficient (Wildman–Crippen LogP) is 2.12. The lowest BCUT2D eigenvalue weighted by Gasteiger charge is -2.35. The molecule has 1 aromatic rings. The number of ether oxygens (including phenoxy) is 2. The maximum Gasteiger partial charge on any atom is 0.228 e. The third kappa shape index (κ3) is 5.57. The number of anilines is 1. The molecular formula is C19H28ClN3O4. The molecule has 0 aromatic heterocycles. The van der Waals surface area contributed by atoms with Gasteiger partial charge in [0.2, 0.25) is 11.8 Å². The van der Waals surface area contributed by atoms with Gasteiger partial charge in [-0.1, -0.05) is 11.6 Å². The summed E-state index contributed by atoms with van der Waals surface area (Å²) in [5, 5.41) is 9.52. The first-order valence-corrected chi connectivity index (χ1v) is 9.41. The predicted molar refractivity (Wildman–Crippen MR) is 105 cm³/mol. The molecule has 0 atom stereocenters. The molecule has 0 aliphatic carbocycles. The standard InChI is InChI=1S/C19H28ClN3O4/c1-13-10-15(16(27-3)11-14(13)20)23-17(24)4-7-22-18(25)19(12-26-2)5-8-21-9-6-19/h10-11,21H,4-9,12H2,1-3H3,(H,22,25)(H,23,24). The Kier molecular flexibility index (Phi) is 7.89. The van der Waals surface area contributed by atoms with Gasteiger partial charge in [0.1, 0.15) is 5.75 Å². The minimum Gasteiger partial charge on any atom is -0.495 e. The Labute approximate surface area is 165 Å². The molecule has 1 heterocycles. The number of hydrogen-bond acceptors (Lipinski definition) is 5. The first-order chi connectivity index (χ1) is 12.9. The van der Waals surface area contributed by atoms with Crippen LogP contribution in [0.4, 0.5) is 5.69 Å². The molecule has 0 unspecified atom stereocenters. The van der Waals surface area contributed by atoms with Crippen molar-refractivity contribution in [3.63, 3.8) is 0 Å². The van der Waals surface area contributed by atoms with E-state index >= 15 is 0 Å². The molecule has 27 heavy (non-hydrogen) atoms. The number of nitrogens with one attached hydrogen (secondary N) is 3. The van der Waals surface area contributed by atoms with Gasteiger partial charge in [-0.2, -0.15) is 0 Å². The van der Waals surface area contributed by atoms with E-state index in [2.05, 4.69) is 16.0 Å². The molecule has 1 aromatic carbocycles. The highest BCUT2D eigenvalue weighted by Gasteiger charge is 2.39. The Hall–Kier alpha value is -1.83. The average Bonchev–Trinajstić information content (AvgIpc) is 2.65. The Bertz CT molecular complexity index is 670. The van der Waals surface area contributed by atoms with Crippen molar-refractivity contribution < 1.29 is 19.1 Å². The van der Waals surface area contributed by atoms with Gasteiger partial charge < -0.3 is 25.4 Å². The maximum atomic E-state index is 12.6. The molecule has 0 spiro atoms. The summed E-state index contributed by atoms with van der Waals surface area (Å²) in [6, 6.07) is 3.43. The van der Waals surface area contributed by atoms with Crippen LogP contribution in [0.25, 0.3) is 0 Å². The summed E-state index contributed by atoms with van der Waals surface area (Å²) in [7, 11) is 3.12. The normalized spacial score (nSPS) is 15.9. The van der Waals surface area contributed by atoms with E-state index in [4.69, 9.17) is 21.1 Å². The quantitative estimate of drug-likeness (QED) is 0.625. The lowest BCUT2D eigenvalue weighted by Crippen LogP contribution is -2.50. The lowest BCUT2D eigenvalue weighted by atomic mass is 9.78. The van der Waals surface area contributed by atoms with E-state index in [1.54, 1.807) is 19.2 Å². The first-order valence-electron chi connectivity index (χ1n) is 9.04. The second kappa shape index (κ2) is 9.92. The molecule has 1 aliphatic rings. The molecule has 150 valence electrons. The molecule has 0 saturated carbocycles. The number of hydrogen-bond donors (Lipinski definition) is 3. The van der Waals surface area contributed by atoms with Gasteiger partial charge in [0.25, 0.3) is 0 Å². The number of benzene rings is 1. The van der Waals surface area contributed by atoms with E-state index in [0.29, 0.717) is 23.1 Å². The van der Waals surface area contributed by atoms with Crippen molar-refractivity contribution in [2.24, 2.45) is 5.41 Å². The number of piperidine rings is 1. The third-order valence-electron chi connectivity index (χ3n) is 4.86.